The molecule has 0 aliphatic heterocycles. The van der Waals surface area contributed by atoms with Gasteiger partial charge in [0, 0.05) is 18.8 Å². The number of hydrogen-bond acceptors (Lipinski definition) is 2. The molecule has 0 aromatic heterocycles. The van der Waals surface area contributed by atoms with E-state index in [4.69, 9.17) is 5.73 Å². The van der Waals surface area contributed by atoms with E-state index < -0.39 is 0 Å². The van der Waals surface area contributed by atoms with Gasteiger partial charge in [-0.25, -0.2) is 0 Å². The van der Waals surface area contributed by atoms with E-state index in [2.05, 4.69) is 13.8 Å². The molecule has 88 valence electrons. The topological polar surface area (TPSA) is 46.3 Å². The normalized spacial score (nSPS) is 10.5. The number of para-hydroxylation sites is 1. The molecule has 3 heteroatoms. The van der Waals surface area contributed by atoms with Crippen LogP contribution in [0.25, 0.3) is 0 Å². The highest BCUT2D eigenvalue weighted by Gasteiger charge is 2.16. The Balaban J connectivity index is 2.87. The Morgan fingerprint density at radius 3 is 2.50 bits per heavy atom. The van der Waals surface area contributed by atoms with E-state index in [-0.39, 0.29) is 5.91 Å². The lowest BCUT2D eigenvalue weighted by Crippen LogP contribution is -2.34. The lowest BCUT2D eigenvalue weighted by molar-refractivity contribution is 0.0747. The minimum atomic E-state index is 0.0225. The fourth-order valence-electron chi connectivity index (χ4n) is 1.66. The van der Waals surface area contributed by atoms with Crippen LogP contribution in [0.15, 0.2) is 24.3 Å². The van der Waals surface area contributed by atoms with E-state index >= 15 is 0 Å². The lowest BCUT2D eigenvalue weighted by Gasteiger charge is -2.23. The number of carbonyl (C=O) groups is 1. The molecule has 3 nitrogen and oxygen atoms in total. The second-order valence-corrected chi connectivity index (χ2v) is 4.32. The third-order valence-electron chi connectivity index (χ3n) is 2.45. The van der Waals surface area contributed by atoms with Gasteiger partial charge in [0.15, 0.2) is 0 Å². The van der Waals surface area contributed by atoms with Gasteiger partial charge in [0.2, 0.25) is 0 Å². The van der Waals surface area contributed by atoms with Crippen LogP contribution >= 0.6 is 0 Å². The van der Waals surface area contributed by atoms with E-state index in [0.717, 1.165) is 6.54 Å². The first-order chi connectivity index (χ1) is 7.56. The average molecular weight is 220 g/mol. The number of carbonyl (C=O) groups excluding carboxylic acids is 1. The Bertz CT molecular complexity index is 361. The summed E-state index contributed by atoms with van der Waals surface area (Å²) in [7, 11) is 0. The van der Waals surface area contributed by atoms with Crippen LogP contribution in [0, 0.1) is 5.92 Å². The van der Waals surface area contributed by atoms with E-state index in [1.54, 1.807) is 12.1 Å². The van der Waals surface area contributed by atoms with Crippen LogP contribution in [0.5, 0.6) is 0 Å². The second-order valence-electron chi connectivity index (χ2n) is 4.32. The van der Waals surface area contributed by atoms with Gasteiger partial charge in [-0.2, -0.15) is 0 Å². The molecule has 2 N–H and O–H groups in total. The minimum absolute atomic E-state index is 0.0225. The summed E-state index contributed by atoms with van der Waals surface area (Å²) in [6.45, 7) is 7.67. The lowest BCUT2D eigenvalue weighted by atomic mass is 10.1. The first-order valence-electron chi connectivity index (χ1n) is 5.70. The zero-order valence-electron chi connectivity index (χ0n) is 10.2. The Labute approximate surface area is 97.2 Å². The van der Waals surface area contributed by atoms with E-state index in [9.17, 15) is 4.79 Å². The van der Waals surface area contributed by atoms with Crippen molar-refractivity contribution in [3.8, 4) is 0 Å². The maximum atomic E-state index is 12.2. The SMILES string of the molecule is CCN(CC(C)C)C(=O)c1ccccc1N. The highest BCUT2D eigenvalue weighted by atomic mass is 16.2. The monoisotopic (exact) mass is 220 g/mol. The molecule has 0 spiro atoms. The summed E-state index contributed by atoms with van der Waals surface area (Å²) >= 11 is 0. The van der Waals surface area contributed by atoms with E-state index in [1.807, 2.05) is 24.0 Å². The second kappa shape index (κ2) is 5.54. The molecular weight excluding hydrogens is 200 g/mol. The molecule has 0 radical (unpaired) electrons. The molecule has 1 aromatic rings. The summed E-state index contributed by atoms with van der Waals surface area (Å²) in [6, 6.07) is 7.22. The molecule has 0 fully saturated rings. The number of amides is 1. The summed E-state index contributed by atoms with van der Waals surface area (Å²) in [5.41, 5.74) is 6.95. The number of rotatable bonds is 4. The summed E-state index contributed by atoms with van der Waals surface area (Å²) < 4.78 is 0. The molecule has 0 bridgehead atoms. The van der Waals surface area contributed by atoms with Gasteiger partial charge in [0.05, 0.1) is 5.56 Å². The summed E-state index contributed by atoms with van der Waals surface area (Å²) in [5.74, 6) is 0.489. The van der Waals surface area contributed by atoms with Crippen molar-refractivity contribution >= 4 is 11.6 Å². The standard InChI is InChI=1S/C13H20N2O/c1-4-15(9-10(2)3)13(16)11-7-5-6-8-12(11)14/h5-8,10H,4,9,14H2,1-3H3. The van der Waals surface area contributed by atoms with Crippen LogP contribution in [0.3, 0.4) is 0 Å². The number of nitrogen functional groups attached to an aromatic ring is 1. The minimum Gasteiger partial charge on any atom is -0.398 e. The fraction of sp³-hybridized carbons (Fsp3) is 0.462. The first-order valence-corrected chi connectivity index (χ1v) is 5.70. The van der Waals surface area contributed by atoms with Crippen LogP contribution < -0.4 is 5.73 Å². The quantitative estimate of drug-likeness (QED) is 0.792. The summed E-state index contributed by atoms with van der Waals surface area (Å²) in [4.78, 5) is 14.0. The first kappa shape index (κ1) is 12.6. The Morgan fingerprint density at radius 1 is 1.38 bits per heavy atom. The van der Waals surface area contributed by atoms with Gasteiger partial charge in [0.1, 0.15) is 0 Å². The molecule has 0 saturated heterocycles. The van der Waals surface area contributed by atoms with Crippen LogP contribution in [-0.2, 0) is 0 Å². The van der Waals surface area contributed by atoms with E-state index in [1.165, 1.54) is 0 Å². The molecular formula is C13H20N2O. The number of anilines is 1. The number of hydrogen-bond donors (Lipinski definition) is 1. The maximum Gasteiger partial charge on any atom is 0.255 e. The Morgan fingerprint density at radius 2 is 2.00 bits per heavy atom. The van der Waals surface area contributed by atoms with E-state index in [0.29, 0.717) is 23.7 Å². The third kappa shape index (κ3) is 2.99. The zero-order chi connectivity index (χ0) is 12.1. The third-order valence-corrected chi connectivity index (χ3v) is 2.45. The highest BCUT2D eigenvalue weighted by Crippen LogP contribution is 2.14. The molecule has 1 rings (SSSR count). The van der Waals surface area contributed by atoms with Crippen molar-refractivity contribution in [1.82, 2.24) is 4.90 Å². The predicted molar refractivity (Wildman–Crippen MR) is 67.3 cm³/mol. The Hall–Kier alpha value is -1.51. The maximum absolute atomic E-state index is 12.2. The molecule has 16 heavy (non-hydrogen) atoms. The van der Waals surface area contributed by atoms with Crippen molar-refractivity contribution in [2.75, 3.05) is 18.8 Å². The summed E-state index contributed by atoms with van der Waals surface area (Å²) in [5, 5.41) is 0. The van der Waals surface area contributed by atoms with Gasteiger partial charge in [-0.1, -0.05) is 26.0 Å². The van der Waals surface area contributed by atoms with Gasteiger partial charge in [-0.15, -0.1) is 0 Å². The van der Waals surface area contributed by atoms with Gasteiger partial charge in [-0.05, 0) is 25.0 Å². The summed E-state index contributed by atoms with van der Waals surface area (Å²) in [6.07, 6.45) is 0. The van der Waals surface area contributed by atoms with Crippen molar-refractivity contribution in [2.45, 2.75) is 20.8 Å². The zero-order valence-corrected chi connectivity index (χ0v) is 10.2. The number of benzene rings is 1. The van der Waals surface area contributed by atoms with Crippen LogP contribution in [0.2, 0.25) is 0 Å². The molecule has 0 atom stereocenters. The van der Waals surface area contributed by atoms with Crippen molar-refractivity contribution in [3.63, 3.8) is 0 Å². The molecule has 0 aliphatic rings. The number of nitrogens with zero attached hydrogens (tertiary/aromatic N) is 1. The van der Waals surface area contributed by atoms with Gasteiger partial charge < -0.3 is 10.6 Å². The molecule has 1 aromatic carbocycles. The molecule has 0 saturated carbocycles. The smallest absolute Gasteiger partial charge is 0.255 e. The predicted octanol–water partition coefficient (Wildman–Crippen LogP) is 2.39. The van der Waals surface area contributed by atoms with Crippen molar-refractivity contribution in [1.29, 1.82) is 0 Å². The molecule has 0 heterocycles. The molecule has 1 amide bonds. The van der Waals surface area contributed by atoms with Crippen LogP contribution in [0.4, 0.5) is 5.69 Å². The van der Waals surface area contributed by atoms with Crippen LogP contribution in [0.1, 0.15) is 31.1 Å². The van der Waals surface area contributed by atoms with Crippen molar-refractivity contribution < 1.29 is 4.79 Å². The highest BCUT2D eigenvalue weighted by molar-refractivity contribution is 5.99. The number of nitrogens with two attached hydrogens (primary N) is 1. The van der Waals surface area contributed by atoms with Crippen LogP contribution in [-0.4, -0.2) is 23.9 Å². The van der Waals surface area contributed by atoms with Crippen molar-refractivity contribution in [3.05, 3.63) is 29.8 Å². The largest absolute Gasteiger partial charge is 0.398 e. The molecule has 0 aliphatic carbocycles. The Kier molecular flexibility index (Phi) is 4.35. The van der Waals surface area contributed by atoms with Gasteiger partial charge in [0.25, 0.3) is 5.91 Å². The average Bonchev–Trinajstić information content (AvgIpc) is 2.25. The van der Waals surface area contributed by atoms with Gasteiger partial charge >= 0.3 is 0 Å². The van der Waals surface area contributed by atoms with Crippen molar-refractivity contribution in [2.24, 2.45) is 5.92 Å². The molecule has 0 unspecified atom stereocenters. The van der Waals surface area contributed by atoms with Gasteiger partial charge in [-0.3, -0.25) is 4.79 Å². The fourth-order valence-corrected chi connectivity index (χ4v) is 1.66.